The molecule has 0 aliphatic rings. The van der Waals surface area contributed by atoms with Crippen LogP contribution in [0.1, 0.15) is 16.1 Å². The predicted molar refractivity (Wildman–Crippen MR) is 101 cm³/mol. The minimum atomic E-state index is -3.79. The van der Waals surface area contributed by atoms with Crippen LogP contribution in [0.15, 0.2) is 77.7 Å². The molecule has 0 fully saturated rings. The molecule has 0 atom stereocenters. The quantitative estimate of drug-likeness (QED) is 0.723. The van der Waals surface area contributed by atoms with E-state index in [1.54, 1.807) is 48.5 Å². The normalized spacial score (nSPS) is 11.0. The number of hydrogen-bond acceptors (Lipinski definition) is 4. The number of aryl methyl sites for hydroxylation is 1. The Kier molecular flexibility index (Phi) is 4.99. The number of aromatic nitrogens is 1. The zero-order valence-corrected chi connectivity index (χ0v) is 14.8. The third kappa shape index (κ3) is 4.25. The second kappa shape index (κ2) is 7.37. The monoisotopic (exact) mass is 367 g/mol. The highest BCUT2D eigenvalue weighted by molar-refractivity contribution is 7.92. The number of rotatable bonds is 5. The van der Waals surface area contributed by atoms with Crippen LogP contribution < -0.4 is 10.0 Å². The maximum absolute atomic E-state index is 12.5. The van der Waals surface area contributed by atoms with Crippen LogP contribution in [0.25, 0.3) is 0 Å². The fourth-order valence-corrected chi connectivity index (χ4v) is 3.43. The van der Waals surface area contributed by atoms with E-state index in [9.17, 15) is 13.2 Å². The van der Waals surface area contributed by atoms with Crippen molar-refractivity contribution < 1.29 is 13.2 Å². The van der Waals surface area contributed by atoms with Crippen LogP contribution in [0, 0.1) is 6.92 Å². The summed E-state index contributed by atoms with van der Waals surface area (Å²) >= 11 is 0. The Balaban J connectivity index is 1.82. The van der Waals surface area contributed by atoms with Crippen molar-refractivity contribution in [3.8, 4) is 0 Å². The van der Waals surface area contributed by atoms with E-state index in [4.69, 9.17) is 0 Å². The molecule has 1 aromatic heterocycles. The lowest BCUT2D eigenvalue weighted by molar-refractivity contribution is 0.102. The molecule has 0 aliphatic heterocycles. The smallest absolute Gasteiger partial charge is 0.261 e. The maximum atomic E-state index is 12.5. The van der Waals surface area contributed by atoms with Crippen molar-refractivity contribution >= 4 is 27.4 Å². The van der Waals surface area contributed by atoms with Crippen LogP contribution >= 0.6 is 0 Å². The van der Waals surface area contributed by atoms with Crippen molar-refractivity contribution in [3.05, 3.63) is 84.1 Å². The number of hydrogen-bond donors (Lipinski definition) is 2. The molecule has 0 unspecified atom stereocenters. The van der Waals surface area contributed by atoms with Crippen molar-refractivity contribution in [3.63, 3.8) is 0 Å². The van der Waals surface area contributed by atoms with Crippen LogP contribution in [0.5, 0.6) is 0 Å². The van der Waals surface area contributed by atoms with Gasteiger partial charge in [-0.25, -0.2) is 13.4 Å². The number of benzene rings is 2. The SMILES string of the molecule is Cc1cccc(NC(=O)c2cccc(S(=O)(=O)Nc3ccccc3)c2)n1. The molecule has 132 valence electrons. The Morgan fingerprint density at radius 3 is 2.38 bits per heavy atom. The number of nitrogens with one attached hydrogen (secondary N) is 2. The van der Waals surface area contributed by atoms with Crippen LogP contribution in [0.3, 0.4) is 0 Å². The molecule has 0 saturated carbocycles. The average Bonchev–Trinajstić information content (AvgIpc) is 2.62. The summed E-state index contributed by atoms with van der Waals surface area (Å²) in [5, 5.41) is 2.66. The van der Waals surface area contributed by atoms with Crippen molar-refractivity contribution in [1.29, 1.82) is 0 Å². The third-order valence-electron chi connectivity index (χ3n) is 3.56. The first-order chi connectivity index (χ1) is 12.4. The molecule has 7 heteroatoms. The molecule has 3 rings (SSSR count). The largest absolute Gasteiger partial charge is 0.307 e. The van der Waals surface area contributed by atoms with Gasteiger partial charge in [-0.2, -0.15) is 0 Å². The number of carbonyl (C=O) groups is 1. The lowest BCUT2D eigenvalue weighted by Gasteiger charge is -2.10. The number of para-hydroxylation sites is 1. The molecule has 0 radical (unpaired) electrons. The van der Waals surface area contributed by atoms with Crippen molar-refractivity contribution in [2.24, 2.45) is 0 Å². The summed E-state index contributed by atoms with van der Waals surface area (Å²) in [6.45, 7) is 1.82. The van der Waals surface area contributed by atoms with E-state index in [2.05, 4.69) is 15.0 Å². The summed E-state index contributed by atoms with van der Waals surface area (Å²) in [6, 6.07) is 19.7. The zero-order valence-electron chi connectivity index (χ0n) is 14.0. The van der Waals surface area contributed by atoms with Crippen LogP contribution in [0.2, 0.25) is 0 Å². The van der Waals surface area contributed by atoms with E-state index >= 15 is 0 Å². The Bertz CT molecular complexity index is 1030. The molecule has 26 heavy (non-hydrogen) atoms. The summed E-state index contributed by atoms with van der Waals surface area (Å²) < 4.78 is 27.5. The van der Waals surface area contributed by atoms with Gasteiger partial charge in [0, 0.05) is 16.9 Å². The number of amides is 1. The fraction of sp³-hybridized carbons (Fsp3) is 0.0526. The highest BCUT2D eigenvalue weighted by Crippen LogP contribution is 2.17. The number of sulfonamides is 1. The number of anilines is 2. The minimum Gasteiger partial charge on any atom is -0.307 e. The lowest BCUT2D eigenvalue weighted by Crippen LogP contribution is -2.16. The summed E-state index contributed by atoms with van der Waals surface area (Å²) in [7, 11) is -3.79. The summed E-state index contributed by atoms with van der Waals surface area (Å²) in [5.41, 5.74) is 1.45. The highest BCUT2D eigenvalue weighted by atomic mass is 32.2. The summed E-state index contributed by atoms with van der Waals surface area (Å²) in [4.78, 5) is 16.6. The number of pyridine rings is 1. The number of carbonyl (C=O) groups excluding carboxylic acids is 1. The van der Waals surface area contributed by atoms with Gasteiger partial charge in [-0.1, -0.05) is 30.3 Å². The molecule has 1 heterocycles. The van der Waals surface area contributed by atoms with E-state index in [0.29, 0.717) is 11.5 Å². The third-order valence-corrected chi connectivity index (χ3v) is 4.94. The van der Waals surface area contributed by atoms with Gasteiger partial charge in [-0.05, 0) is 49.4 Å². The maximum Gasteiger partial charge on any atom is 0.261 e. The molecule has 0 saturated heterocycles. The van der Waals surface area contributed by atoms with Crippen LogP contribution in [-0.4, -0.2) is 19.3 Å². The van der Waals surface area contributed by atoms with Crippen LogP contribution in [0.4, 0.5) is 11.5 Å². The Labute approximate surface area is 152 Å². The topological polar surface area (TPSA) is 88.2 Å². The molecule has 0 aliphatic carbocycles. The van der Waals surface area contributed by atoms with Crippen LogP contribution in [-0.2, 0) is 10.0 Å². The first-order valence-electron chi connectivity index (χ1n) is 7.87. The lowest BCUT2D eigenvalue weighted by atomic mass is 10.2. The van der Waals surface area contributed by atoms with Crippen molar-refractivity contribution in [1.82, 2.24) is 4.98 Å². The van der Waals surface area contributed by atoms with E-state index in [1.807, 2.05) is 13.0 Å². The van der Waals surface area contributed by atoms with E-state index < -0.39 is 15.9 Å². The second-order valence-electron chi connectivity index (χ2n) is 5.62. The molecule has 0 bridgehead atoms. The van der Waals surface area contributed by atoms with Gasteiger partial charge < -0.3 is 5.32 Å². The minimum absolute atomic E-state index is 0.00574. The van der Waals surface area contributed by atoms with Gasteiger partial charge in [0.1, 0.15) is 5.82 Å². The molecule has 1 amide bonds. The van der Waals surface area contributed by atoms with E-state index in [1.165, 1.54) is 18.2 Å². The van der Waals surface area contributed by atoms with Gasteiger partial charge >= 0.3 is 0 Å². The standard InChI is InChI=1S/C19H17N3O3S/c1-14-7-5-12-18(20-14)21-19(23)15-8-6-11-17(13-15)26(24,25)22-16-9-3-2-4-10-16/h2-13,22H,1H3,(H,20,21,23). The average molecular weight is 367 g/mol. The molecule has 2 aromatic carbocycles. The first-order valence-corrected chi connectivity index (χ1v) is 9.35. The Morgan fingerprint density at radius 2 is 1.65 bits per heavy atom. The van der Waals surface area contributed by atoms with Gasteiger partial charge in [0.2, 0.25) is 0 Å². The molecule has 0 spiro atoms. The molecule has 3 aromatic rings. The van der Waals surface area contributed by atoms with Gasteiger partial charge in [0.05, 0.1) is 4.90 Å². The number of nitrogens with zero attached hydrogens (tertiary/aromatic N) is 1. The Hall–Kier alpha value is -3.19. The van der Waals surface area contributed by atoms with Gasteiger partial charge in [0.15, 0.2) is 0 Å². The summed E-state index contributed by atoms with van der Waals surface area (Å²) in [5.74, 6) is -0.0227. The first kappa shape index (κ1) is 17.6. The second-order valence-corrected chi connectivity index (χ2v) is 7.30. The summed E-state index contributed by atoms with van der Waals surface area (Å²) in [6.07, 6.45) is 0. The van der Waals surface area contributed by atoms with Gasteiger partial charge in [0.25, 0.3) is 15.9 Å². The van der Waals surface area contributed by atoms with Gasteiger partial charge in [-0.3, -0.25) is 9.52 Å². The predicted octanol–water partition coefficient (Wildman–Crippen LogP) is 3.44. The molecule has 2 N–H and O–H groups in total. The molecular weight excluding hydrogens is 350 g/mol. The van der Waals surface area contributed by atoms with E-state index in [-0.39, 0.29) is 10.5 Å². The van der Waals surface area contributed by atoms with Crippen molar-refractivity contribution in [2.45, 2.75) is 11.8 Å². The van der Waals surface area contributed by atoms with E-state index in [0.717, 1.165) is 5.69 Å². The molecular formula is C19H17N3O3S. The van der Waals surface area contributed by atoms with Crippen molar-refractivity contribution in [2.75, 3.05) is 10.0 Å². The Morgan fingerprint density at radius 1 is 0.923 bits per heavy atom. The fourth-order valence-electron chi connectivity index (χ4n) is 2.33. The molecule has 6 nitrogen and oxygen atoms in total. The highest BCUT2D eigenvalue weighted by Gasteiger charge is 2.16. The zero-order chi connectivity index (χ0) is 18.6. The van der Waals surface area contributed by atoms with Gasteiger partial charge in [-0.15, -0.1) is 0 Å².